The van der Waals surface area contributed by atoms with Crippen molar-refractivity contribution < 1.29 is 0 Å². The Morgan fingerprint density at radius 3 is 2.86 bits per heavy atom. The van der Waals surface area contributed by atoms with Crippen molar-refractivity contribution in [1.29, 1.82) is 5.26 Å². The molecule has 3 heterocycles. The largest absolute Gasteiger partial charge is 0.368 e. The van der Waals surface area contributed by atoms with E-state index in [9.17, 15) is 5.26 Å². The predicted molar refractivity (Wildman–Crippen MR) is 116 cm³/mol. The number of benzene rings is 1. The standard InChI is InChI=1S/C21H22ClN5S/c1-15-13-20(22)25-21(17(15)14-23)28-12-11-26-7-9-27(10-8-26)19-4-2-3-18-16(19)5-6-24-18/h2-6,13,24H,7-12H2,1H3. The third kappa shape index (κ3) is 3.97. The van der Waals surface area contributed by atoms with E-state index in [0.29, 0.717) is 10.7 Å². The lowest BCUT2D eigenvalue weighted by Gasteiger charge is -2.36. The van der Waals surface area contributed by atoms with Gasteiger partial charge in [-0.1, -0.05) is 17.7 Å². The Bertz CT molecular complexity index is 1020. The smallest absolute Gasteiger partial charge is 0.130 e. The highest BCUT2D eigenvalue weighted by Gasteiger charge is 2.19. The Morgan fingerprint density at radius 2 is 2.07 bits per heavy atom. The lowest BCUT2D eigenvalue weighted by atomic mass is 10.2. The SMILES string of the molecule is Cc1cc(Cl)nc(SCCN2CCN(c3cccc4[nH]ccc34)CC2)c1C#N. The van der Waals surface area contributed by atoms with Gasteiger partial charge in [-0.2, -0.15) is 5.26 Å². The average molecular weight is 412 g/mol. The van der Waals surface area contributed by atoms with Crippen LogP contribution in [-0.4, -0.2) is 53.3 Å². The second-order valence-corrected chi connectivity index (χ2v) is 8.42. The fourth-order valence-electron chi connectivity index (χ4n) is 3.67. The predicted octanol–water partition coefficient (Wildman–Crippen LogP) is 4.31. The summed E-state index contributed by atoms with van der Waals surface area (Å²) in [6.07, 6.45) is 2.00. The van der Waals surface area contributed by atoms with E-state index in [-0.39, 0.29) is 0 Å². The second-order valence-electron chi connectivity index (χ2n) is 6.95. The Balaban J connectivity index is 1.32. The number of nitrogens with one attached hydrogen (secondary N) is 1. The number of hydrogen-bond donors (Lipinski definition) is 1. The van der Waals surface area contributed by atoms with Gasteiger partial charge < -0.3 is 9.88 Å². The molecule has 0 unspecified atom stereocenters. The maximum absolute atomic E-state index is 9.37. The van der Waals surface area contributed by atoms with Gasteiger partial charge in [0.1, 0.15) is 16.2 Å². The molecule has 0 bridgehead atoms. The molecular weight excluding hydrogens is 390 g/mol. The molecule has 0 amide bonds. The summed E-state index contributed by atoms with van der Waals surface area (Å²) in [5, 5.41) is 11.9. The molecule has 1 N–H and O–H groups in total. The van der Waals surface area contributed by atoms with Crippen LogP contribution in [0.4, 0.5) is 5.69 Å². The van der Waals surface area contributed by atoms with Gasteiger partial charge >= 0.3 is 0 Å². The first kappa shape index (κ1) is 19.1. The van der Waals surface area contributed by atoms with E-state index >= 15 is 0 Å². The first-order valence-electron chi connectivity index (χ1n) is 9.39. The first-order chi connectivity index (χ1) is 13.7. The van der Waals surface area contributed by atoms with Crippen LogP contribution in [0.5, 0.6) is 0 Å². The lowest BCUT2D eigenvalue weighted by molar-refractivity contribution is 0.273. The highest BCUT2D eigenvalue weighted by atomic mass is 35.5. The quantitative estimate of drug-likeness (QED) is 0.500. The van der Waals surface area contributed by atoms with Crippen LogP contribution in [0, 0.1) is 18.3 Å². The molecule has 1 saturated heterocycles. The molecule has 1 aliphatic heterocycles. The summed E-state index contributed by atoms with van der Waals surface area (Å²) in [6.45, 7) is 6.99. The van der Waals surface area contributed by atoms with Crippen molar-refractivity contribution in [3.63, 3.8) is 0 Å². The van der Waals surface area contributed by atoms with E-state index in [1.807, 2.05) is 13.1 Å². The summed E-state index contributed by atoms with van der Waals surface area (Å²) >= 11 is 7.68. The van der Waals surface area contributed by atoms with Gasteiger partial charge in [0.2, 0.25) is 0 Å². The van der Waals surface area contributed by atoms with Crippen molar-refractivity contribution in [3.8, 4) is 6.07 Å². The minimum absolute atomic E-state index is 0.451. The summed E-state index contributed by atoms with van der Waals surface area (Å²) in [5.74, 6) is 0.898. The van der Waals surface area contributed by atoms with Gasteiger partial charge in [0, 0.05) is 61.3 Å². The third-order valence-corrected chi connectivity index (χ3v) is 6.34. The van der Waals surface area contributed by atoms with E-state index in [0.717, 1.165) is 49.1 Å². The normalized spacial score (nSPS) is 15.1. The number of pyridine rings is 1. The molecule has 5 nitrogen and oxygen atoms in total. The number of aryl methyl sites for hydroxylation is 1. The first-order valence-corrected chi connectivity index (χ1v) is 10.8. The van der Waals surface area contributed by atoms with E-state index in [2.05, 4.69) is 50.1 Å². The molecule has 4 rings (SSSR count). The maximum atomic E-state index is 9.37. The van der Waals surface area contributed by atoms with Gasteiger partial charge in [-0.15, -0.1) is 11.8 Å². The number of rotatable bonds is 5. The van der Waals surface area contributed by atoms with Crippen LogP contribution >= 0.6 is 23.4 Å². The molecule has 0 spiro atoms. The number of nitriles is 1. The zero-order valence-electron chi connectivity index (χ0n) is 15.8. The maximum Gasteiger partial charge on any atom is 0.130 e. The Hall–Kier alpha value is -2.20. The van der Waals surface area contributed by atoms with Gasteiger partial charge in [0.25, 0.3) is 0 Å². The fourth-order valence-corrected chi connectivity index (χ4v) is 5.03. The molecule has 3 aromatic rings. The van der Waals surface area contributed by atoms with Crippen LogP contribution in [0.1, 0.15) is 11.1 Å². The van der Waals surface area contributed by atoms with Crippen molar-refractivity contribution in [2.24, 2.45) is 0 Å². The van der Waals surface area contributed by atoms with E-state index in [1.165, 1.54) is 16.6 Å². The second kappa shape index (κ2) is 8.44. The van der Waals surface area contributed by atoms with Crippen LogP contribution in [0.3, 0.4) is 0 Å². The van der Waals surface area contributed by atoms with Gasteiger partial charge in [-0.05, 0) is 36.8 Å². The van der Waals surface area contributed by atoms with Crippen LogP contribution in [0.2, 0.25) is 5.15 Å². The number of thioether (sulfide) groups is 1. The highest BCUT2D eigenvalue weighted by Crippen LogP contribution is 2.28. The molecule has 0 radical (unpaired) electrons. The van der Waals surface area contributed by atoms with Gasteiger partial charge in [0.15, 0.2) is 0 Å². The van der Waals surface area contributed by atoms with Crippen molar-refractivity contribution >= 4 is 40.0 Å². The Morgan fingerprint density at radius 1 is 1.25 bits per heavy atom. The van der Waals surface area contributed by atoms with E-state index < -0.39 is 0 Å². The number of halogens is 1. The monoisotopic (exact) mass is 411 g/mol. The number of fused-ring (bicyclic) bond motifs is 1. The van der Waals surface area contributed by atoms with Gasteiger partial charge in [-0.25, -0.2) is 4.98 Å². The summed E-state index contributed by atoms with van der Waals surface area (Å²) in [6, 6.07) is 12.6. The van der Waals surface area contributed by atoms with Crippen LogP contribution in [0.15, 0.2) is 41.6 Å². The van der Waals surface area contributed by atoms with Crippen molar-refractivity contribution in [2.75, 3.05) is 43.4 Å². The topological polar surface area (TPSA) is 59.0 Å². The Labute approximate surface area is 174 Å². The lowest BCUT2D eigenvalue weighted by Crippen LogP contribution is -2.47. The van der Waals surface area contributed by atoms with Crippen LogP contribution in [-0.2, 0) is 0 Å². The number of aromatic nitrogens is 2. The highest BCUT2D eigenvalue weighted by molar-refractivity contribution is 7.99. The summed E-state index contributed by atoms with van der Waals surface area (Å²) in [5.41, 5.74) is 4.02. The molecule has 144 valence electrons. The minimum Gasteiger partial charge on any atom is -0.368 e. The number of H-pyrrole nitrogens is 1. The average Bonchev–Trinajstić information content (AvgIpc) is 3.17. The molecule has 0 atom stereocenters. The number of hydrogen-bond acceptors (Lipinski definition) is 5. The molecule has 1 aromatic carbocycles. The number of nitrogens with zero attached hydrogens (tertiary/aromatic N) is 4. The zero-order chi connectivity index (χ0) is 19.5. The summed E-state index contributed by atoms with van der Waals surface area (Å²) < 4.78 is 0. The zero-order valence-corrected chi connectivity index (χ0v) is 17.4. The van der Waals surface area contributed by atoms with E-state index in [4.69, 9.17) is 11.6 Å². The van der Waals surface area contributed by atoms with Gasteiger partial charge in [0.05, 0.1) is 5.56 Å². The molecule has 0 aliphatic carbocycles. The van der Waals surface area contributed by atoms with Crippen molar-refractivity contribution in [3.05, 3.63) is 52.8 Å². The van der Waals surface area contributed by atoms with Crippen LogP contribution in [0.25, 0.3) is 10.9 Å². The summed E-state index contributed by atoms with van der Waals surface area (Å²) in [7, 11) is 0. The number of piperazine rings is 1. The molecule has 1 aliphatic rings. The molecule has 1 fully saturated rings. The van der Waals surface area contributed by atoms with Gasteiger partial charge in [-0.3, -0.25) is 4.90 Å². The third-order valence-electron chi connectivity index (χ3n) is 5.20. The molecule has 7 heteroatoms. The fraction of sp³-hybridized carbons (Fsp3) is 0.333. The Kier molecular flexibility index (Phi) is 5.77. The van der Waals surface area contributed by atoms with Crippen molar-refractivity contribution in [2.45, 2.75) is 11.9 Å². The molecule has 28 heavy (non-hydrogen) atoms. The minimum atomic E-state index is 0.451. The number of anilines is 1. The van der Waals surface area contributed by atoms with E-state index in [1.54, 1.807) is 17.8 Å². The molecular formula is C21H22ClN5S. The number of aromatic amines is 1. The van der Waals surface area contributed by atoms with Crippen molar-refractivity contribution in [1.82, 2.24) is 14.9 Å². The molecule has 0 saturated carbocycles. The van der Waals surface area contributed by atoms with Crippen LogP contribution < -0.4 is 4.90 Å². The summed E-state index contributed by atoms with van der Waals surface area (Å²) in [4.78, 5) is 12.6. The molecule has 2 aromatic heterocycles.